The number of aldehydes is 1. The molecule has 2 aromatic rings. The van der Waals surface area contributed by atoms with Gasteiger partial charge >= 0.3 is 0 Å². The van der Waals surface area contributed by atoms with E-state index in [1.165, 1.54) is 6.07 Å². The van der Waals surface area contributed by atoms with Crippen molar-refractivity contribution in [2.75, 3.05) is 6.61 Å². The van der Waals surface area contributed by atoms with Gasteiger partial charge < -0.3 is 9.30 Å². The highest BCUT2D eigenvalue weighted by atomic mass is 79.9. The van der Waals surface area contributed by atoms with Gasteiger partial charge in [-0.3, -0.25) is 9.59 Å². The zero-order chi connectivity index (χ0) is 14.5. The number of halogens is 2. The van der Waals surface area contributed by atoms with E-state index in [0.29, 0.717) is 33.4 Å². The number of benzene rings is 1. The summed E-state index contributed by atoms with van der Waals surface area (Å²) in [7, 11) is 0. The second-order valence-electron chi connectivity index (χ2n) is 4.01. The average Bonchev–Trinajstić information content (AvgIpc) is 2.43. The number of hydrogen-bond donors (Lipinski definition) is 0. The summed E-state index contributed by atoms with van der Waals surface area (Å²) in [5, 5.41) is 0. The molecule has 0 aliphatic heterocycles. The van der Waals surface area contributed by atoms with Crippen molar-refractivity contribution in [3.05, 3.63) is 61.4 Å². The maximum Gasteiger partial charge on any atom is 0.250 e. The zero-order valence-corrected chi connectivity index (χ0v) is 13.6. The molecule has 0 N–H and O–H groups in total. The van der Waals surface area contributed by atoms with Crippen LogP contribution in [0.15, 0.2) is 50.3 Å². The van der Waals surface area contributed by atoms with Crippen LogP contribution in [0.4, 0.5) is 0 Å². The van der Waals surface area contributed by atoms with Crippen LogP contribution in [0.3, 0.4) is 0 Å². The van der Waals surface area contributed by atoms with Gasteiger partial charge in [0.05, 0.1) is 15.5 Å². The van der Waals surface area contributed by atoms with Gasteiger partial charge in [-0.15, -0.1) is 0 Å². The summed E-state index contributed by atoms with van der Waals surface area (Å²) >= 11 is 6.71. The van der Waals surface area contributed by atoms with Crippen molar-refractivity contribution >= 4 is 38.1 Å². The van der Waals surface area contributed by atoms with Gasteiger partial charge in [0, 0.05) is 17.8 Å². The van der Waals surface area contributed by atoms with Crippen molar-refractivity contribution in [1.29, 1.82) is 0 Å². The van der Waals surface area contributed by atoms with Gasteiger partial charge in [-0.2, -0.15) is 0 Å². The fourth-order valence-corrected chi connectivity index (χ4v) is 3.13. The number of hydrogen-bond acceptors (Lipinski definition) is 3. The van der Waals surface area contributed by atoms with Gasteiger partial charge in [-0.25, -0.2) is 0 Å². The first-order valence-corrected chi connectivity index (χ1v) is 7.43. The Hall–Kier alpha value is -1.40. The molecular formula is C14H11Br2NO3. The summed E-state index contributed by atoms with van der Waals surface area (Å²) in [4.78, 5) is 22.3. The van der Waals surface area contributed by atoms with Gasteiger partial charge in [0.2, 0.25) is 0 Å². The first kappa shape index (κ1) is 15.0. The van der Waals surface area contributed by atoms with E-state index in [2.05, 4.69) is 31.9 Å². The summed E-state index contributed by atoms with van der Waals surface area (Å²) in [5.41, 5.74) is 0.487. The lowest BCUT2D eigenvalue weighted by atomic mass is 10.2. The van der Waals surface area contributed by atoms with Gasteiger partial charge in [0.1, 0.15) is 18.6 Å². The van der Waals surface area contributed by atoms with Crippen LogP contribution in [0.5, 0.6) is 5.75 Å². The van der Waals surface area contributed by atoms with Gasteiger partial charge in [-0.1, -0.05) is 6.07 Å². The Balaban J connectivity index is 2.07. The first-order chi connectivity index (χ1) is 9.61. The molecule has 20 heavy (non-hydrogen) atoms. The molecule has 1 aromatic carbocycles. The lowest BCUT2D eigenvalue weighted by Gasteiger charge is -2.11. The summed E-state index contributed by atoms with van der Waals surface area (Å²) in [6.07, 6.45) is 2.48. The molecule has 0 atom stereocenters. The van der Waals surface area contributed by atoms with Crippen molar-refractivity contribution in [3.63, 3.8) is 0 Å². The van der Waals surface area contributed by atoms with E-state index in [4.69, 9.17) is 4.74 Å². The molecule has 0 spiro atoms. The molecule has 104 valence electrons. The van der Waals surface area contributed by atoms with Gasteiger partial charge in [0.15, 0.2) is 0 Å². The Bertz CT molecular complexity index is 659. The maximum absolute atomic E-state index is 11.5. The Morgan fingerprint density at radius 3 is 2.50 bits per heavy atom. The molecule has 0 aliphatic rings. The Kier molecular flexibility index (Phi) is 5.14. The van der Waals surface area contributed by atoms with Crippen molar-refractivity contribution in [2.45, 2.75) is 6.54 Å². The molecule has 6 heteroatoms. The van der Waals surface area contributed by atoms with Crippen LogP contribution in [-0.2, 0) is 6.54 Å². The molecule has 1 aromatic heterocycles. The van der Waals surface area contributed by atoms with Crippen molar-refractivity contribution in [1.82, 2.24) is 4.57 Å². The highest BCUT2D eigenvalue weighted by molar-refractivity contribution is 9.11. The van der Waals surface area contributed by atoms with E-state index in [1.54, 1.807) is 35.0 Å². The van der Waals surface area contributed by atoms with E-state index in [-0.39, 0.29) is 5.56 Å². The summed E-state index contributed by atoms with van der Waals surface area (Å²) in [5.74, 6) is 0.611. The smallest absolute Gasteiger partial charge is 0.250 e. The third kappa shape index (κ3) is 3.58. The number of rotatable bonds is 5. The SMILES string of the molecule is O=Cc1cc(Br)c(OCCn2ccccc2=O)c(Br)c1. The fourth-order valence-electron chi connectivity index (χ4n) is 1.68. The first-order valence-electron chi connectivity index (χ1n) is 5.84. The van der Waals surface area contributed by atoms with E-state index in [1.807, 2.05) is 0 Å². The van der Waals surface area contributed by atoms with E-state index in [0.717, 1.165) is 6.29 Å². The van der Waals surface area contributed by atoms with Crippen LogP contribution >= 0.6 is 31.9 Å². The van der Waals surface area contributed by atoms with Crippen molar-refractivity contribution in [3.8, 4) is 5.75 Å². The van der Waals surface area contributed by atoms with Crippen LogP contribution in [0, 0.1) is 0 Å². The predicted octanol–water partition coefficient (Wildman–Crippen LogP) is 3.26. The number of carbonyl (C=O) groups excluding carboxylic acids is 1. The highest BCUT2D eigenvalue weighted by Gasteiger charge is 2.09. The number of carbonyl (C=O) groups is 1. The zero-order valence-electron chi connectivity index (χ0n) is 10.4. The molecule has 0 radical (unpaired) electrons. The van der Waals surface area contributed by atoms with E-state index >= 15 is 0 Å². The monoisotopic (exact) mass is 399 g/mol. The minimum Gasteiger partial charge on any atom is -0.489 e. The summed E-state index contributed by atoms with van der Waals surface area (Å²) < 4.78 is 8.61. The van der Waals surface area contributed by atoms with E-state index < -0.39 is 0 Å². The number of pyridine rings is 1. The largest absolute Gasteiger partial charge is 0.489 e. The molecule has 0 saturated carbocycles. The summed E-state index contributed by atoms with van der Waals surface area (Å²) in [6.45, 7) is 0.801. The minimum atomic E-state index is -0.0643. The Morgan fingerprint density at radius 2 is 1.90 bits per heavy atom. The van der Waals surface area contributed by atoms with Crippen molar-refractivity contribution in [2.24, 2.45) is 0 Å². The van der Waals surface area contributed by atoms with Crippen molar-refractivity contribution < 1.29 is 9.53 Å². The molecule has 4 nitrogen and oxygen atoms in total. The molecular weight excluding hydrogens is 390 g/mol. The molecule has 0 aliphatic carbocycles. The lowest BCUT2D eigenvalue weighted by molar-refractivity contribution is 0.112. The lowest BCUT2D eigenvalue weighted by Crippen LogP contribution is -2.21. The molecule has 1 heterocycles. The molecule has 0 amide bonds. The third-order valence-electron chi connectivity index (χ3n) is 2.63. The minimum absolute atomic E-state index is 0.0643. The van der Waals surface area contributed by atoms with Crippen LogP contribution in [-0.4, -0.2) is 17.5 Å². The second-order valence-corrected chi connectivity index (χ2v) is 5.72. The number of ether oxygens (including phenoxy) is 1. The maximum atomic E-state index is 11.5. The number of nitrogens with zero attached hydrogens (tertiary/aromatic N) is 1. The Labute approximate surface area is 132 Å². The molecule has 2 rings (SSSR count). The normalized spacial score (nSPS) is 10.3. The average molecular weight is 401 g/mol. The van der Waals surface area contributed by atoms with E-state index in [9.17, 15) is 9.59 Å². The van der Waals surface area contributed by atoms with Crippen LogP contribution < -0.4 is 10.3 Å². The standard InChI is InChI=1S/C14H11Br2NO3/c15-11-7-10(9-18)8-12(16)14(11)20-6-5-17-4-2-1-3-13(17)19/h1-4,7-9H,5-6H2. The van der Waals surface area contributed by atoms with Crippen LogP contribution in [0.1, 0.15) is 10.4 Å². The van der Waals surface area contributed by atoms with Crippen LogP contribution in [0.2, 0.25) is 0 Å². The van der Waals surface area contributed by atoms with Crippen LogP contribution in [0.25, 0.3) is 0 Å². The fraction of sp³-hybridized carbons (Fsp3) is 0.143. The quantitative estimate of drug-likeness (QED) is 0.723. The van der Waals surface area contributed by atoms with Gasteiger partial charge in [0.25, 0.3) is 5.56 Å². The molecule has 0 unspecified atom stereocenters. The molecule has 0 saturated heterocycles. The predicted molar refractivity (Wildman–Crippen MR) is 83.4 cm³/mol. The number of aromatic nitrogens is 1. The summed E-state index contributed by atoms with van der Waals surface area (Å²) in [6, 6.07) is 8.37. The topological polar surface area (TPSA) is 48.3 Å². The van der Waals surface area contributed by atoms with Gasteiger partial charge in [-0.05, 0) is 50.1 Å². The Morgan fingerprint density at radius 1 is 1.20 bits per heavy atom. The molecule has 0 bridgehead atoms. The second kappa shape index (κ2) is 6.85. The highest BCUT2D eigenvalue weighted by Crippen LogP contribution is 2.34. The molecule has 0 fully saturated rings. The third-order valence-corrected chi connectivity index (χ3v) is 3.81.